The highest BCUT2D eigenvalue weighted by atomic mass is 32.2. The maximum atomic E-state index is 13.5. The van der Waals surface area contributed by atoms with Crippen molar-refractivity contribution in [1.29, 1.82) is 0 Å². The SMILES string of the molecule is O=S(=O)(Nc1ccccc1C([O-])=NCCNc1cccc2ccccc12)c1ccc(F)c(F)c1. The van der Waals surface area contributed by atoms with Gasteiger partial charge in [0.15, 0.2) is 11.6 Å². The number of aliphatic imine (C=N–C) groups is 1. The fraction of sp³-hybridized carbons (Fsp3) is 0.0800. The summed E-state index contributed by atoms with van der Waals surface area (Å²) in [6, 6.07) is 22.0. The molecule has 4 aromatic carbocycles. The van der Waals surface area contributed by atoms with E-state index >= 15 is 0 Å². The number of sulfonamides is 1. The maximum Gasteiger partial charge on any atom is 0.262 e. The zero-order valence-corrected chi connectivity index (χ0v) is 18.6. The van der Waals surface area contributed by atoms with Crippen molar-refractivity contribution in [3.63, 3.8) is 0 Å². The van der Waals surface area contributed by atoms with Gasteiger partial charge in [-0.25, -0.2) is 17.2 Å². The van der Waals surface area contributed by atoms with Crippen molar-refractivity contribution in [2.75, 3.05) is 23.1 Å². The quantitative estimate of drug-likeness (QED) is 0.225. The standard InChI is InChI=1S/C25H21F2N3O3S/c26-21-13-12-18(16-22(21)27)34(32,33)30-24-10-4-3-9-20(24)25(31)29-15-14-28-23-11-5-7-17-6-1-2-8-19(17)23/h1-13,16,28,30H,14-15H2,(H,29,31)/p-1. The molecule has 0 saturated carbocycles. The Bertz CT molecular complexity index is 1470. The molecule has 9 heteroatoms. The van der Waals surface area contributed by atoms with Crippen LogP contribution in [0.5, 0.6) is 0 Å². The van der Waals surface area contributed by atoms with Crippen molar-refractivity contribution in [1.82, 2.24) is 0 Å². The van der Waals surface area contributed by atoms with Gasteiger partial charge in [-0.3, -0.25) is 9.71 Å². The third-order valence-electron chi connectivity index (χ3n) is 5.08. The summed E-state index contributed by atoms with van der Waals surface area (Å²) in [5.74, 6) is -3.06. The van der Waals surface area contributed by atoms with Crippen LogP contribution in [0.15, 0.2) is 94.8 Å². The van der Waals surface area contributed by atoms with Gasteiger partial charge in [-0.15, -0.1) is 0 Å². The van der Waals surface area contributed by atoms with E-state index in [-0.39, 0.29) is 17.8 Å². The predicted octanol–water partition coefficient (Wildman–Crippen LogP) is 4.14. The van der Waals surface area contributed by atoms with Gasteiger partial charge in [-0.2, -0.15) is 0 Å². The van der Waals surface area contributed by atoms with E-state index < -0.39 is 32.5 Å². The number of hydrogen-bond donors (Lipinski definition) is 2. The fourth-order valence-corrected chi connectivity index (χ4v) is 4.51. The van der Waals surface area contributed by atoms with Gasteiger partial charge < -0.3 is 10.4 Å². The van der Waals surface area contributed by atoms with Gasteiger partial charge in [0.2, 0.25) is 0 Å². The summed E-state index contributed by atoms with van der Waals surface area (Å²) in [5, 5.41) is 18.1. The Balaban J connectivity index is 1.47. The van der Waals surface area contributed by atoms with Crippen molar-refractivity contribution in [2.45, 2.75) is 4.90 Å². The summed E-state index contributed by atoms with van der Waals surface area (Å²) < 4.78 is 54.1. The molecule has 0 fully saturated rings. The highest BCUT2D eigenvalue weighted by Crippen LogP contribution is 2.23. The monoisotopic (exact) mass is 480 g/mol. The van der Waals surface area contributed by atoms with E-state index in [1.807, 2.05) is 42.5 Å². The molecule has 34 heavy (non-hydrogen) atoms. The molecule has 0 aliphatic heterocycles. The molecule has 0 spiro atoms. The molecule has 4 aromatic rings. The van der Waals surface area contributed by atoms with Crippen LogP contribution in [0.3, 0.4) is 0 Å². The molecule has 6 nitrogen and oxygen atoms in total. The number of nitrogens with one attached hydrogen (secondary N) is 2. The Hall–Kier alpha value is -3.98. The lowest BCUT2D eigenvalue weighted by Crippen LogP contribution is -2.23. The van der Waals surface area contributed by atoms with Gasteiger partial charge in [-0.1, -0.05) is 54.6 Å². The number of para-hydroxylation sites is 1. The molecule has 0 bridgehead atoms. The third kappa shape index (κ3) is 5.15. The normalized spacial score (nSPS) is 12.0. The number of hydrogen-bond acceptors (Lipinski definition) is 5. The second kappa shape index (κ2) is 9.88. The lowest BCUT2D eigenvalue weighted by Gasteiger charge is -2.17. The summed E-state index contributed by atoms with van der Waals surface area (Å²) in [6.07, 6.45) is 0. The summed E-state index contributed by atoms with van der Waals surface area (Å²) in [5.41, 5.74) is 0.947. The van der Waals surface area contributed by atoms with E-state index in [0.29, 0.717) is 12.6 Å². The summed E-state index contributed by atoms with van der Waals surface area (Å²) >= 11 is 0. The van der Waals surface area contributed by atoms with Crippen LogP contribution in [0.25, 0.3) is 10.8 Å². The minimum Gasteiger partial charge on any atom is -0.858 e. The van der Waals surface area contributed by atoms with E-state index in [2.05, 4.69) is 15.0 Å². The van der Waals surface area contributed by atoms with Crippen LogP contribution in [-0.4, -0.2) is 27.4 Å². The Morgan fingerprint density at radius 1 is 0.853 bits per heavy atom. The largest absolute Gasteiger partial charge is 0.858 e. The molecular formula is C25H20F2N3O3S-. The van der Waals surface area contributed by atoms with Crippen molar-refractivity contribution >= 4 is 38.1 Å². The maximum absolute atomic E-state index is 13.5. The molecule has 0 amide bonds. The van der Waals surface area contributed by atoms with E-state index in [1.165, 1.54) is 12.1 Å². The number of nitrogens with zero attached hydrogens (tertiary/aromatic N) is 1. The summed E-state index contributed by atoms with van der Waals surface area (Å²) in [4.78, 5) is 3.57. The van der Waals surface area contributed by atoms with Crippen molar-refractivity contribution < 1.29 is 22.3 Å². The van der Waals surface area contributed by atoms with E-state index in [4.69, 9.17) is 0 Å². The highest BCUT2D eigenvalue weighted by Gasteiger charge is 2.18. The van der Waals surface area contributed by atoms with Crippen molar-refractivity contribution in [3.05, 3.63) is 102 Å². The van der Waals surface area contributed by atoms with Gasteiger partial charge >= 0.3 is 0 Å². The Morgan fingerprint density at radius 2 is 1.56 bits per heavy atom. The van der Waals surface area contributed by atoms with Gasteiger partial charge in [0.1, 0.15) is 0 Å². The van der Waals surface area contributed by atoms with Gasteiger partial charge in [0, 0.05) is 23.2 Å². The topological polar surface area (TPSA) is 93.6 Å². The molecule has 0 radical (unpaired) electrons. The smallest absolute Gasteiger partial charge is 0.262 e. The first kappa shape index (κ1) is 23.2. The molecule has 0 atom stereocenters. The molecular weight excluding hydrogens is 460 g/mol. The van der Waals surface area contributed by atoms with Crippen LogP contribution < -0.4 is 15.1 Å². The first-order valence-electron chi connectivity index (χ1n) is 10.4. The average molecular weight is 481 g/mol. The van der Waals surface area contributed by atoms with Crippen LogP contribution in [0.2, 0.25) is 0 Å². The molecule has 0 aromatic heterocycles. The number of benzene rings is 4. The number of halogens is 2. The average Bonchev–Trinajstić information content (AvgIpc) is 2.83. The van der Waals surface area contributed by atoms with E-state index in [9.17, 15) is 22.3 Å². The summed E-state index contributed by atoms with van der Waals surface area (Å²) in [7, 11) is -4.25. The number of fused-ring (bicyclic) bond motifs is 1. The van der Waals surface area contributed by atoms with Crippen LogP contribution in [0.1, 0.15) is 5.56 Å². The molecule has 0 unspecified atom stereocenters. The Labute approximate surface area is 195 Å². The lowest BCUT2D eigenvalue weighted by molar-refractivity contribution is -0.213. The van der Waals surface area contributed by atoms with Crippen LogP contribution >= 0.6 is 0 Å². The van der Waals surface area contributed by atoms with Crippen LogP contribution in [0.4, 0.5) is 20.2 Å². The van der Waals surface area contributed by atoms with Crippen LogP contribution in [-0.2, 0) is 10.0 Å². The Kier molecular flexibility index (Phi) is 6.74. The van der Waals surface area contributed by atoms with Crippen LogP contribution in [0, 0.1) is 11.6 Å². The highest BCUT2D eigenvalue weighted by molar-refractivity contribution is 7.92. The van der Waals surface area contributed by atoms with Gasteiger partial charge in [0.25, 0.3) is 10.0 Å². The predicted molar refractivity (Wildman–Crippen MR) is 127 cm³/mol. The molecule has 0 aliphatic rings. The minimum absolute atomic E-state index is 0.0111. The van der Waals surface area contributed by atoms with Gasteiger partial charge in [-0.05, 0) is 41.6 Å². The second-order valence-corrected chi connectivity index (χ2v) is 9.05. The molecule has 0 aliphatic carbocycles. The third-order valence-corrected chi connectivity index (χ3v) is 6.44. The summed E-state index contributed by atoms with van der Waals surface area (Å²) in [6.45, 7) is 0.550. The zero-order valence-electron chi connectivity index (χ0n) is 17.8. The first-order chi connectivity index (χ1) is 16.3. The first-order valence-corrected chi connectivity index (χ1v) is 11.8. The lowest BCUT2D eigenvalue weighted by atomic mass is 10.1. The molecule has 2 N–H and O–H groups in total. The number of rotatable bonds is 8. The number of anilines is 2. The van der Waals surface area contributed by atoms with E-state index in [1.54, 1.807) is 12.1 Å². The minimum atomic E-state index is -4.25. The molecule has 174 valence electrons. The molecule has 0 saturated heterocycles. The molecule has 4 rings (SSSR count). The van der Waals surface area contributed by atoms with Crippen molar-refractivity contribution in [2.24, 2.45) is 4.99 Å². The van der Waals surface area contributed by atoms with Gasteiger partial charge in [0.05, 0.1) is 17.1 Å². The second-order valence-electron chi connectivity index (χ2n) is 7.37. The zero-order chi connectivity index (χ0) is 24.1. The fourth-order valence-electron chi connectivity index (χ4n) is 3.42. The van der Waals surface area contributed by atoms with Crippen molar-refractivity contribution in [3.8, 4) is 0 Å². The molecule has 0 heterocycles. The Morgan fingerprint density at radius 3 is 2.38 bits per heavy atom. The van der Waals surface area contributed by atoms with E-state index in [0.717, 1.165) is 28.6 Å².